The largest absolute Gasteiger partial charge is 0.314 e. The molecule has 1 rings (SSSR count). The van der Waals surface area contributed by atoms with Crippen LogP contribution in [-0.2, 0) is 0 Å². The van der Waals surface area contributed by atoms with Crippen LogP contribution in [-0.4, -0.2) is 87.7 Å². The molecule has 1 aliphatic rings. The van der Waals surface area contributed by atoms with Crippen molar-refractivity contribution in [2.45, 2.75) is 25.8 Å². The molecule has 1 fully saturated rings. The van der Waals surface area contributed by atoms with Gasteiger partial charge in [0.1, 0.15) is 0 Å². The highest BCUT2D eigenvalue weighted by Crippen LogP contribution is 2.14. The molecule has 1 heterocycles. The third-order valence-electron chi connectivity index (χ3n) is 4.00. The average Bonchev–Trinajstić information content (AvgIpc) is 2.38. The predicted molar refractivity (Wildman–Crippen MR) is 79.2 cm³/mol. The van der Waals surface area contributed by atoms with Crippen molar-refractivity contribution in [2.24, 2.45) is 0 Å². The first kappa shape index (κ1) is 15.9. The van der Waals surface area contributed by atoms with Gasteiger partial charge >= 0.3 is 0 Å². The molecular formula is C14H32N4. The molecule has 0 saturated carbocycles. The van der Waals surface area contributed by atoms with Crippen LogP contribution < -0.4 is 5.32 Å². The molecule has 0 spiro atoms. The monoisotopic (exact) mass is 256 g/mol. The van der Waals surface area contributed by atoms with Crippen LogP contribution in [0.15, 0.2) is 0 Å². The fourth-order valence-corrected chi connectivity index (χ4v) is 2.54. The van der Waals surface area contributed by atoms with E-state index >= 15 is 0 Å². The first-order valence-corrected chi connectivity index (χ1v) is 7.41. The highest BCUT2D eigenvalue weighted by atomic mass is 15.2. The van der Waals surface area contributed by atoms with Gasteiger partial charge in [0.15, 0.2) is 0 Å². The molecule has 0 bridgehead atoms. The number of nitrogens with one attached hydrogen (secondary N) is 1. The number of piperidine rings is 1. The van der Waals surface area contributed by atoms with Crippen molar-refractivity contribution in [3.63, 3.8) is 0 Å². The second-order valence-corrected chi connectivity index (χ2v) is 5.70. The van der Waals surface area contributed by atoms with E-state index in [4.69, 9.17) is 0 Å². The molecule has 1 aliphatic heterocycles. The minimum atomic E-state index is 0.795. The second kappa shape index (κ2) is 8.86. The second-order valence-electron chi connectivity index (χ2n) is 5.70. The number of likely N-dealkylation sites (N-methyl/N-ethyl adjacent to an activating group) is 2. The third kappa shape index (κ3) is 6.14. The summed E-state index contributed by atoms with van der Waals surface area (Å²) in [6, 6.07) is 0.795. The van der Waals surface area contributed by atoms with E-state index in [2.05, 4.69) is 48.1 Å². The molecule has 4 nitrogen and oxygen atoms in total. The van der Waals surface area contributed by atoms with Crippen molar-refractivity contribution in [1.82, 2.24) is 20.0 Å². The lowest BCUT2D eigenvalue weighted by molar-refractivity contribution is 0.132. The maximum Gasteiger partial charge on any atom is 0.0117 e. The van der Waals surface area contributed by atoms with Crippen LogP contribution in [0.5, 0.6) is 0 Å². The van der Waals surface area contributed by atoms with E-state index in [1.54, 1.807) is 0 Å². The quantitative estimate of drug-likeness (QED) is 0.640. The Morgan fingerprint density at radius 2 is 1.67 bits per heavy atom. The average molecular weight is 256 g/mol. The van der Waals surface area contributed by atoms with E-state index in [9.17, 15) is 0 Å². The molecule has 108 valence electrons. The molecule has 0 aromatic heterocycles. The molecule has 0 atom stereocenters. The van der Waals surface area contributed by atoms with Crippen molar-refractivity contribution in [2.75, 3.05) is 67.0 Å². The standard InChI is InChI=1S/C14H32N4/c1-5-18-10-6-14(7-11-18)17(4)13-9-15-8-12-16(2)3/h14-15H,5-13H2,1-4H3. The normalized spacial score (nSPS) is 19.0. The predicted octanol–water partition coefficient (Wildman–Crippen LogP) is 0.554. The van der Waals surface area contributed by atoms with Crippen LogP contribution in [0.1, 0.15) is 19.8 Å². The van der Waals surface area contributed by atoms with E-state index in [1.165, 1.54) is 39.0 Å². The van der Waals surface area contributed by atoms with Gasteiger partial charge in [-0.2, -0.15) is 0 Å². The summed E-state index contributed by atoms with van der Waals surface area (Å²) in [6.07, 6.45) is 2.67. The van der Waals surface area contributed by atoms with Gasteiger partial charge in [-0.25, -0.2) is 0 Å². The zero-order valence-electron chi connectivity index (χ0n) is 12.8. The Balaban J connectivity index is 2.04. The topological polar surface area (TPSA) is 21.8 Å². The van der Waals surface area contributed by atoms with Gasteiger partial charge in [-0.3, -0.25) is 0 Å². The summed E-state index contributed by atoms with van der Waals surface area (Å²) in [7, 11) is 6.52. The van der Waals surface area contributed by atoms with Gasteiger partial charge in [0.05, 0.1) is 0 Å². The molecule has 0 radical (unpaired) electrons. The first-order valence-electron chi connectivity index (χ1n) is 7.41. The summed E-state index contributed by atoms with van der Waals surface area (Å²) >= 11 is 0. The van der Waals surface area contributed by atoms with Crippen molar-refractivity contribution in [3.8, 4) is 0 Å². The molecule has 4 heteroatoms. The highest BCUT2D eigenvalue weighted by Gasteiger charge is 2.20. The molecule has 18 heavy (non-hydrogen) atoms. The van der Waals surface area contributed by atoms with Gasteiger partial charge < -0.3 is 20.0 Å². The summed E-state index contributed by atoms with van der Waals surface area (Å²) in [5.41, 5.74) is 0. The Bertz CT molecular complexity index is 200. The van der Waals surface area contributed by atoms with Gasteiger partial charge in [-0.05, 0) is 53.6 Å². The summed E-state index contributed by atoms with van der Waals surface area (Å²) < 4.78 is 0. The fraction of sp³-hybridized carbons (Fsp3) is 1.00. The van der Waals surface area contributed by atoms with Gasteiger partial charge in [-0.15, -0.1) is 0 Å². The van der Waals surface area contributed by atoms with Crippen LogP contribution in [0.3, 0.4) is 0 Å². The summed E-state index contributed by atoms with van der Waals surface area (Å²) in [5.74, 6) is 0. The van der Waals surface area contributed by atoms with Crippen molar-refractivity contribution < 1.29 is 0 Å². The van der Waals surface area contributed by atoms with Crippen molar-refractivity contribution in [3.05, 3.63) is 0 Å². The van der Waals surface area contributed by atoms with Crippen molar-refractivity contribution in [1.29, 1.82) is 0 Å². The zero-order chi connectivity index (χ0) is 13.4. The van der Waals surface area contributed by atoms with Gasteiger partial charge in [0.25, 0.3) is 0 Å². The van der Waals surface area contributed by atoms with Crippen LogP contribution in [0, 0.1) is 0 Å². The first-order chi connectivity index (χ1) is 8.63. The van der Waals surface area contributed by atoms with Crippen molar-refractivity contribution >= 4 is 0 Å². The molecular weight excluding hydrogens is 224 g/mol. The van der Waals surface area contributed by atoms with Gasteiger partial charge in [0.2, 0.25) is 0 Å². The fourth-order valence-electron chi connectivity index (χ4n) is 2.54. The number of rotatable bonds is 8. The van der Waals surface area contributed by atoms with Crippen LogP contribution in [0.25, 0.3) is 0 Å². The Hall–Kier alpha value is -0.160. The minimum Gasteiger partial charge on any atom is -0.314 e. The smallest absolute Gasteiger partial charge is 0.0117 e. The van der Waals surface area contributed by atoms with Crippen LogP contribution >= 0.6 is 0 Å². The maximum atomic E-state index is 3.51. The lowest BCUT2D eigenvalue weighted by atomic mass is 10.0. The molecule has 1 N–H and O–H groups in total. The Labute approximate surface area is 113 Å². The van der Waals surface area contributed by atoms with E-state index < -0.39 is 0 Å². The Kier molecular flexibility index (Phi) is 7.82. The van der Waals surface area contributed by atoms with E-state index in [0.717, 1.165) is 25.7 Å². The van der Waals surface area contributed by atoms with E-state index in [0.29, 0.717) is 0 Å². The van der Waals surface area contributed by atoms with Gasteiger partial charge in [0, 0.05) is 32.2 Å². The number of likely N-dealkylation sites (tertiary alicyclic amines) is 1. The third-order valence-corrected chi connectivity index (χ3v) is 4.00. The lowest BCUT2D eigenvalue weighted by Gasteiger charge is -2.36. The molecule has 0 amide bonds. The highest BCUT2D eigenvalue weighted by molar-refractivity contribution is 4.78. The summed E-state index contributed by atoms with van der Waals surface area (Å²) in [4.78, 5) is 7.31. The Morgan fingerprint density at radius 1 is 1.06 bits per heavy atom. The SMILES string of the molecule is CCN1CCC(N(C)CCNCCN(C)C)CC1. The van der Waals surface area contributed by atoms with Crippen LogP contribution in [0.2, 0.25) is 0 Å². The summed E-state index contributed by atoms with van der Waals surface area (Å²) in [6.45, 7) is 10.5. The molecule has 0 unspecified atom stereocenters. The summed E-state index contributed by atoms with van der Waals surface area (Å²) in [5, 5.41) is 3.51. The van der Waals surface area contributed by atoms with E-state index in [-0.39, 0.29) is 0 Å². The van der Waals surface area contributed by atoms with Crippen LogP contribution in [0.4, 0.5) is 0 Å². The van der Waals surface area contributed by atoms with E-state index in [1.807, 2.05) is 0 Å². The lowest BCUT2D eigenvalue weighted by Crippen LogP contribution is -2.45. The number of hydrogen-bond donors (Lipinski definition) is 1. The maximum absolute atomic E-state index is 3.51. The minimum absolute atomic E-state index is 0.795. The number of hydrogen-bond acceptors (Lipinski definition) is 4. The molecule has 0 aromatic rings. The van der Waals surface area contributed by atoms with Gasteiger partial charge in [-0.1, -0.05) is 6.92 Å². The Morgan fingerprint density at radius 3 is 2.22 bits per heavy atom. The molecule has 0 aromatic carbocycles. The number of nitrogens with zero attached hydrogens (tertiary/aromatic N) is 3. The zero-order valence-corrected chi connectivity index (χ0v) is 12.8. The molecule has 0 aliphatic carbocycles. The molecule has 1 saturated heterocycles.